The summed E-state index contributed by atoms with van der Waals surface area (Å²) < 4.78 is 16.7. The maximum atomic E-state index is 9.60. The molecule has 1 aromatic carbocycles. The molecule has 0 bridgehead atoms. The zero-order chi connectivity index (χ0) is 22.6. The first-order valence-electron chi connectivity index (χ1n) is 11.7. The van der Waals surface area contributed by atoms with Gasteiger partial charge >= 0.3 is 0 Å². The van der Waals surface area contributed by atoms with Crippen molar-refractivity contribution in [1.82, 2.24) is 20.0 Å². The molecular formula is C24H31N5O4. The number of piperidine rings is 1. The van der Waals surface area contributed by atoms with E-state index in [9.17, 15) is 5.11 Å². The standard InChI is InChI=1S/C24H31N5O4/c1-31-12-9-28-7-5-18(6-8-28)20-21-22(33-27-20)24(29-10-13-32-14-11-29)26-23(25-21)19-4-2-3-17(15-19)16-30/h2-4,15,18,30H,5-14,16H2,1H3. The first-order chi connectivity index (χ1) is 16.3. The second-order valence-electron chi connectivity index (χ2n) is 8.68. The normalized spacial score (nSPS) is 18.3. The van der Waals surface area contributed by atoms with Gasteiger partial charge in [0.1, 0.15) is 11.2 Å². The van der Waals surface area contributed by atoms with Crippen LogP contribution in [0.25, 0.3) is 22.5 Å². The molecule has 4 heterocycles. The van der Waals surface area contributed by atoms with Gasteiger partial charge in [0.15, 0.2) is 11.6 Å². The summed E-state index contributed by atoms with van der Waals surface area (Å²) in [4.78, 5) is 14.5. The summed E-state index contributed by atoms with van der Waals surface area (Å²) in [5, 5.41) is 14.1. The van der Waals surface area contributed by atoms with E-state index in [2.05, 4.69) is 15.0 Å². The Morgan fingerprint density at radius 2 is 1.94 bits per heavy atom. The van der Waals surface area contributed by atoms with Gasteiger partial charge in [0.05, 0.1) is 26.4 Å². The third-order valence-electron chi connectivity index (χ3n) is 6.59. The Bertz CT molecular complexity index is 1070. The van der Waals surface area contributed by atoms with Gasteiger partial charge in [0.2, 0.25) is 5.58 Å². The van der Waals surface area contributed by atoms with E-state index in [-0.39, 0.29) is 6.61 Å². The molecular weight excluding hydrogens is 422 g/mol. The molecule has 1 N–H and O–H groups in total. The lowest BCUT2D eigenvalue weighted by Crippen LogP contribution is -2.37. The van der Waals surface area contributed by atoms with Crippen LogP contribution in [0.3, 0.4) is 0 Å². The highest BCUT2D eigenvalue weighted by molar-refractivity contribution is 5.88. The lowest BCUT2D eigenvalue weighted by molar-refractivity contribution is 0.122. The minimum Gasteiger partial charge on any atom is -0.392 e. The number of benzene rings is 1. The number of likely N-dealkylation sites (tertiary alicyclic amines) is 1. The van der Waals surface area contributed by atoms with E-state index in [1.807, 2.05) is 24.3 Å². The summed E-state index contributed by atoms with van der Waals surface area (Å²) in [6.07, 6.45) is 2.02. The number of hydrogen-bond acceptors (Lipinski definition) is 9. The molecule has 0 atom stereocenters. The fourth-order valence-electron chi connectivity index (χ4n) is 4.68. The topological polar surface area (TPSA) is 97.0 Å². The van der Waals surface area contributed by atoms with Gasteiger partial charge in [-0.3, -0.25) is 0 Å². The molecule has 0 spiro atoms. The summed E-state index contributed by atoms with van der Waals surface area (Å²) in [5.74, 6) is 1.69. The minimum absolute atomic E-state index is 0.0213. The average molecular weight is 454 g/mol. The van der Waals surface area contributed by atoms with Gasteiger partial charge in [0, 0.05) is 38.2 Å². The van der Waals surface area contributed by atoms with Crippen molar-refractivity contribution in [2.45, 2.75) is 25.4 Å². The van der Waals surface area contributed by atoms with Crippen molar-refractivity contribution in [3.8, 4) is 11.4 Å². The monoisotopic (exact) mass is 453 g/mol. The molecule has 0 aliphatic carbocycles. The Balaban J connectivity index is 1.52. The average Bonchev–Trinajstić information content (AvgIpc) is 3.32. The number of methoxy groups -OCH3 is 1. The molecule has 2 saturated heterocycles. The Morgan fingerprint density at radius 1 is 1.12 bits per heavy atom. The Kier molecular flexibility index (Phi) is 6.82. The van der Waals surface area contributed by atoms with E-state index in [0.29, 0.717) is 30.5 Å². The van der Waals surface area contributed by atoms with Gasteiger partial charge in [-0.15, -0.1) is 0 Å². The number of nitrogens with zero attached hydrogens (tertiary/aromatic N) is 5. The van der Waals surface area contributed by atoms with Gasteiger partial charge in [-0.25, -0.2) is 9.97 Å². The van der Waals surface area contributed by atoms with Crippen LogP contribution in [0.2, 0.25) is 0 Å². The molecule has 2 fully saturated rings. The molecule has 2 aliphatic heterocycles. The maximum absolute atomic E-state index is 9.60. The number of fused-ring (bicyclic) bond motifs is 1. The van der Waals surface area contributed by atoms with Crippen LogP contribution in [0.1, 0.15) is 30.0 Å². The summed E-state index contributed by atoms with van der Waals surface area (Å²) in [5.41, 5.74) is 4.08. The molecule has 0 saturated carbocycles. The van der Waals surface area contributed by atoms with Crippen LogP contribution >= 0.6 is 0 Å². The Hall–Kier alpha value is -2.59. The molecule has 2 aromatic heterocycles. The number of anilines is 1. The first kappa shape index (κ1) is 22.2. The van der Waals surface area contributed by atoms with E-state index >= 15 is 0 Å². The van der Waals surface area contributed by atoms with Crippen LogP contribution in [0, 0.1) is 0 Å². The minimum atomic E-state index is -0.0213. The van der Waals surface area contributed by atoms with E-state index in [4.69, 9.17) is 24.0 Å². The van der Waals surface area contributed by atoms with Crippen LogP contribution in [0.5, 0.6) is 0 Å². The molecule has 9 nitrogen and oxygen atoms in total. The van der Waals surface area contributed by atoms with Gasteiger partial charge in [-0.2, -0.15) is 0 Å². The predicted molar refractivity (Wildman–Crippen MR) is 124 cm³/mol. The van der Waals surface area contributed by atoms with Gasteiger partial charge in [0.25, 0.3) is 0 Å². The summed E-state index contributed by atoms with van der Waals surface area (Å²) >= 11 is 0. The lowest BCUT2D eigenvalue weighted by Gasteiger charge is -2.30. The molecule has 9 heteroatoms. The molecule has 3 aromatic rings. The number of morpholine rings is 1. The number of aliphatic hydroxyl groups excluding tert-OH is 1. The molecule has 0 unspecified atom stereocenters. The van der Waals surface area contributed by atoms with Gasteiger partial charge in [-0.05, 0) is 37.6 Å². The highest BCUT2D eigenvalue weighted by atomic mass is 16.5. The quantitative estimate of drug-likeness (QED) is 0.578. The third kappa shape index (κ3) is 4.72. The fraction of sp³-hybridized carbons (Fsp3) is 0.542. The highest BCUT2D eigenvalue weighted by Crippen LogP contribution is 2.36. The molecule has 0 radical (unpaired) electrons. The van der Waals surface area contributed by atoms with Gasteiger partial charge in [-0.1, -0.05) is 23.4 Å². The Morgan fingerprint density at radius 3 is 2.70 bits per heavy atom. The van der Waals surface area contributed by atoms with E-state index in [0.717, 1.165) is 80.3 Å². The van der Waals surface area contributed by atoms with Crippen molar-refractivity contribution >= 4 is 16.9 Å². The van der Waals surface area contributed by atoms with Crippen molar-refractivity contribution in [3.05, 3.63) is 35.5 Å². The smallest absolute Gasteiger partial charge is 0.227 e. The predicted octanol–water partition coefficient (Wildman–Crippen LogP) is 2.44. The second kappa shape index (κ2) is 10.1. The van der Waals surface area contributed by atoms with Crippen molar-refractivity contribution in [3.63, 3.8) is 0 Å². The molecule has 5 rings (SSSR count). The van der Waals surface area contributed by atoms with E-state index in [1.165, 1.54) is 0 Å². The lowest BCUT2D eigenvalue weighted by atomic mass is 9.93. The highest BCUT2D eigenvalue weighted by Gasteiger charge is 2.29. The SMILES string of the molecule is COCCN1CCC(c2noc3c(N4CCOCC4)nc(-c4cccc(CO)c4)nc23)CC1. The van der Waals surface area contributed by atoms with E-state index in [1.54, 1.807) is 7.11 Å². The molecule has 0 amide bonds. The van der Waals surface area contributed by atoms with Gasteiger partial charge < -0.3 is 28.9 Å². The van der Waals surface area contributed by atoms with Crippen molar-refractivity contribution in [2.24, 2.45) is 0 Å². The number of aliphatic hydroxyl groups is 1. The van der Waals surface area contributed by atoms with Crippen molar-refractivity contribution < 1.29 is 19.1 Å². The summed E-state index contributed by atoms with van der Waals surface area (Å²) in [6, 6.07) is 7.73. The number of ether oxygens (including phenoxy) is 2. The number of aromatic nitrogens is 3. The van der Waals surface area contributed by atoms with Crippen LogP contribution in [-0.2, 0) is 16.1 Å². The maximum Gasteiger partial charge on any atom is 0.227 e. The van der Waals surface area contributed by atoms with Crippen LogP contribution in [-0.4, -0.2) is 84.8 Å². The largest absolute Gasteiger partial charge is 0.392 e. The van der Waals surface area contributed by atoms with Crippen LogP contribution in [0.4, 0.5) is 5.82 Å². The molecule has 33 heavy (non-hydrogen) atoms. The zero-order valence-corrected chi connectivity index (χ0v) is 19.1. The summed E-state index contributed by atoms with van der Waals surface area (Å²) in [6.45, 7) is 6.51. The zero-order valence-electron chi connectivity index (χ0n) is 19.1. The fourth-order valence-corrected chi connectivity index (χ4v) is 4.68. The Labute approximate surface area is 193 Å². The first-order valence-corrected chi connectivity index (χ1v) is 11.7. The second-order valence-corrected chi connectivity index (χ2v) is 8.68. The van der Waals surface area contributed by atoms with Crippen LogP contribution in [0.15, 0.2) is 28.8 Å². The van der Waals surface area contributed by atoms with E-state index < -0.39 is 0 Å². The third-order valence-corrected chi connectivity index (χ3v) is 6.59. The van der Waals surface area contributed by atoms with Crippen LogP contribution < -0.4 is 4.90 Å². The number of hydrogen-bond donors (Lipinski definition) is 1. The number of rotatable bonds is 7. The summed E-state index contributed by atoms with van der Waals surface area (Å²) in [7, 11) is 1.74. The molecule has 176 valence electrons. The van der Waals surface area contributed by atoms with Crippen molar-refractivity contribution in [2.75, 3.05) is 64.6 Å². The van der Waals surface area contributed by atoms with Crippen molar-refractivity contribution in [1.29, 1.82) is 0 Å². The molecule has 2 aliphatic rings.